The molecule has 27 heavy (non-hydrogen) atoms. The highest BCUT2D eigenvalue weighted by atomic mass is 16.5. The molecular weight excluding hydrogens is 351 g/mol. The highest BCUT2D eigenvalue weighted by Gasteiger charge is 2.37. The first kappa shape index (κ1) is 18.8. The number of fused-ring (bicyclic) bond motifs is 1. The molecule has 1 aromatic carbocycles. The third kappa shape index (κ3) is 4.06. The van der Waals surface area contributed by atoms with Crippen LogP contribution in [0.3, 0.4) is 0 Å². The van der Waals surface area contributed by atoms with Crippen molar-refractivity contribution in [3.8, 4) is 5.75 Å². The molecule has 1 atom stereocenters. The van der Waals surface area contributed by atoms with Gasteiger partial charge >= 0.3 is 7.12 Å². The molecule has 1 amide bonds. The number of hydrogen-bond donors (Lipinski definition) is 2. The average Bonchev–Trinajstić information content (AvgIpc) is 3.09. The second kappa shape index (κ2) is 7.71. The van der Waals surface area contributed by atoms with Gasteiger partial charge in [0.2, 0.25) is 0 Å². The van der Waals surface area contributed by atoms with Gasteiger partial charge in [0, 0.05) is 19.3 Å². The van der Waals surface area contributed by atoms with E-state index in [0.717, 1.165) is 5.56 Å². The first-order valence-electron chi connectivity index (χ1n) is 8.50. The summed E-state index contributed by atoms with van der Waals surface area (Å²) in [5.41, 5.74) is 1.33. The Labute approximate surface area is 155 Å². The lowest BCUT2D eigenvalue weighted by Crippen LogP contribution is -2.36. The van der Waals surface area contributed by atoms with Crippen molar-refractivity contribution in [1.82, 2.24) is 20.3 Å². The maximum Gasteiger partial charge on any atom is 0.526 e. The molecule has 1 aromatic heterocycles. The van der Waals surface area contributed by atoms with Crippen LogP contribution >= 0.6 is 0 Å². The Morgan fingerprint density at radius 2 is 2.19 bits per heavy atom. The summed E-state index contributed by atoms with van der Waals surface area (Å²) in [5.74, 6) is -0.765. The average molecular weight is 370 g/mol. The summed E-state index contributed by atoms with van der Waals surface area (Å²) >= 11 is 0. The molecule has 0 fully saturated rings. The Morgan fingerprint density at radius 3 is 2.89 bits per heavy atom. The molecule has 0 unspecified atom stereocenters. The normalized spacial score (nSPS) is 15.7. The largest absolute Gasteiger partial charge is 0.535 e. The monoisotopic (exact) mass is 370 g/mol. The van der Waals surface area contributed by atoms with Crippen LogP contribution in [0.1, 0.15) is 39.8 Å². The van der Waals surface area contributed by atoms with Crippen LogP contribution in [0, 0.1) is 0 Å². The number of aromatic nitrogens is 3. The quantitative estimate of drug-likeness (QED) is 0.553. The molecule has 2 aromatic rings. The SMILES string of the molecule is CNC(=O)c1cn(CC(=O)C[C@H]2Cc3cccc(C(C)=O)c3OB2O)nn1. The first-order chi connectivity index (χ1) is 12.9. The van der Waals surface area contributed by atoms with Crippen LogP contribution in [-0.2, 0) is 17.8 Å². The summed E-state index contributed by atoms with van der Waals surface area (Å²) in [6.07, 6.45) is 1.88. The van der Waals surface area contributed by atoms with Crippen LogP contribution in [0.2, 0.25) is 5.82 Å². The Balaban J connectivity index is 1.67. The second-order valence-electron chi connectivity index (χ2n) is 6.45. The minimum absolute atomic E-state index is 0.0619. The van der Waals surface area contributed by atoms with Crippen molar-refractivity contribution in [3.63, 3.8) is 0 Å². The fraction of sp³-hybridized carbons (Fsp3) is 0.353. The number of nitrogens with one attached hydrogen (secondary N) is 1. The molecule has 0 bridgehead atoms. The van der Waals surface area contributed by atoms with Gasteiger partial charge in [0.25, 0.3) is 5.91 Å². The number of Topliss-reactive ketones (excluding diaryl/α,β-unsaturated/α-hetero) is 2. The van der Waals surface area contributed by atoms with E-state index in [1.165, 1.54) is 24.9 Å². The maximum absolute atomic E-state index is 12.4. The van der Waals surface area contributed by atoms with E-state index in [4.69, 9.17) is 4.65 Å². The molecular formula is C17H19BN4O5. The number of carbonyl (C=O) groups is 3. The van der Waals surface area contributed by atoms with Gasteiger partial charge < -0.3 is 15.0 Å². The minimum Gasteiger partial charge on any atom is -0.535 e. The molecule has 0 radical (unpaired) electrons. The van der Waals surface area contributed by atoms with E-state index in [9.17, 15) is 19.4 Å². The highest BCUT2D eigenvalue weighted by molar-refractivity contribution is 6.47. The third-order valence-electron chi connectivity index (χ3n) is 4.43. The van der Waals surface area contributed by atoms with Gasteiger partial charge in [-0.25, -0.2) is 4.68 Å². The third-order valence-corrected chi connectivity index (χ3v) is 4.43. The van der Waals surface area contributed by atoms with Crippen molar-refractivity contribution in [2.75, 3.05) is 7.05 Å². The van der Waals surface area contributed by atoms with E-state index >= 15 is 0 Å². The molecule has 0 saturated heterocycles. The molecule has 3 rings (SSSR count). The Hall–Kier alpha value is -3.01. The van der Waals surface area contributed by atoms with Crippen LogP contribution in [0.25, 0.3) is 0 Å². The fourth-order valence-corrected chi connectivity index (χ4v) is 3.08. The van der Waals surface area contributed by atoms with Gasteiger partial charge in [-0.1, -0.05) is 17.3 Å². The van der Waals surface area contributed by atoms with Crippen LogP contribution < -0.4 is 9.97 Å². The number of rotatable bonds is 6. The molecule has 1 aliphatic heterocycles. The first-order valence-corrected chi connectivity index (χ1v) is 8.50. The molecule has 0 spiro atoms. The molecule has 0 saturated carbocycles. The summed E-state index contributed by atoms with van der Waals surface area (Å²) in [6, 6.07) is 5.22. The Kier molecular flexibility index (Phi) is 5.36. The standard InChI is InChI=1S/C17H19BN4O5/c1-10(23)14-5-3-4-11-6-12(18(26)27-16(11)14)7-13(24)8-22-9-15(20-21-22)17(25)19-2/h3-5,9,12,26H,6-8H2,1-2H3,(H,19,25)/t12-/m1/s1. The molecule has 0 aliphatic carbocycles. The molecule has 10 heteroatoms. The smallest absolute Gasteiger partial charge is 0.526 e. The van der Waals surface area contributed by atoms with Crippen molar-refractivity contribution in [1.29, 1.82) is 0 Å². The molecule has 2 N–H and O–H groups in total. The minimum atomic E-state index is -1.18. The van der Waals surface area contributed by atoms with Gasteiger partial charge in [0.1, 0.15) is 12.3 Å². The molecule has 140 valence electrons. The summed E-state index contributed by atoms with van der Waals surface area (Å²) in [5, 5.41) is 20.2. The second-order valence-corrected chi connectivity index (χ2v) is 6.45. The van der Waals surface area contributed by atoms with Gasteiger partial charge in [-0.2, -0.15) is 0 Å². The van der Waals surface area contributed by atoms with Crippen molar-refractivity contribution in [2.24, 2.45) is 0 Å². The number of nitrogens with zero attached hydrogens (tertiary/aromatic N) is 3. The van der Waals surface area contributed by atoms with Crippen LogP contribution in [-0.4, -0.2) is 51.7 Å². The lowest BCUT2D eigenvalue weighted by molar-refractivity contribution is -0.120. The predicted octanol–water partition coefficient (Wildman–Crippen LogP) is 0.285. The summed E-state index contributed by atoms with van der Waals surface area (Å²) in [7, 11) is 0.297. The lowest BCUT2D eigenvalue weighted by Gasteiger charge is -2.28. The summed E-state index contributed by atoms with van der Waals surface area (Å²) < 4.78 is 6.82. The number of carbonyl (C=O) groups excluding carboxylic acids is 3. The van der Waals surface area contributed by atoms with Gasteiger partial charge in [0.05, 0.1) is 11.8 Å². The highest BCUT2D eigenvalue weighted by Crippen LogP contribution is 2.36. The maximum atomic E-state index is 12.4. The number of ketones is 2. The number of hydrogen-bond acceptors (Lipinski definition) is 7. The van der Waals surface area contributed by atoms with Crippen LogP contribution in [0.4, 0.5) is 0 Å². The van der Waals surface area contributed by atoms with Crippen molar-refractivity contribution in [2.45, 2.75) is 32.1 Å². The van der Waals surface area contributed by atoms with Gasteiger partial charge in [-0.05, 0) is 25.0 Å². The lowest BCUT2D eigenvalue weighted by atomic mass is 9.64. The van der Waals surface area contributed by atoms with Crippen molar-refractivity contribution in [3.05, 3.63) is 41.2 Å². The van der Waals surface area contributed by atoms with E-state index in [-0.39, 0.29) is 36.1 Å². The van der Waals surface area contributed by atoms with Crippen LogP contribution in [0.5, 0.6) is 5.75 Å². The topological polar surface area (TPSA) is 123 Å². The van der Waals surface area contributed by atoms with E-state index in [2.05, 4.69) is 15.6 Å². The fourth-order valence-electron chi connectivity index (χ4n) is 3.08. The zero-order chi connectivity index (χ0) is 19.6. The van der Waals surface area contributed by atoms with E-state index < -0.39 is 12.9 Å². The zero-order valence-corrected chi connectivity index (χ0v) is 15.0. The van der Waals surface area contributed by atoms with Crippen molar-refractivity contribution < 1.29 is 24.1 Å². The molecule has 1 aliphatic rings. The Morgan fingerprint density at radius 1 is 1.41 bits per heavy atom. The number of benzene rings is 1. The van der Waals surface area contributed by atoms with E-state index in [1.807, 2.05) is 6.07 Å². The predicted molar refractivity (Wildman–Crippen MR) is 95.5 cm³/mol. The number of para-hydroxylation sites is 1. The van der Waals surface area contributed by atoms with Gasteiger partial charge in [0.15, 0.2) is 17.3 Å². The zero-order valence-electron chi connectivity index (χ0n) is 15.0. The van der Waals surface area contributed by atoms with E-state index in [1.54, 1.807) is 12.1 Å². The van der Waals surface area contributed by atoms with Crippen molar-refractivity contribution >= 4 is 24.6 Å². The van der Waals surface area contributed by atoms with Crippen LogP contribution in [0.15, 0.2) is 24.4 Å². The summed E-state index contributed by atoms with van der Waals surface area (Å²) in [6.45, 7) is 1.37. The summed E-state index contributed by atoms with van der Waals surface area (Å²) in [4.78, 5) is 35.5. The van der Waals surface area contributed by atoms with Gasteiger partial charge in [-0.15, -0.1) is 5.10 Å². The van der Waals surface area contributed by atoms with Gasteiger partial charge in [-0.3, -0.25) is 14.4 Å². The van der Waals surface area contributed by atoms with E-state index in [0.29, 0.717) is 17.7 Å². The number of amides is 1. The Bertz CT molecular complexity index is 897. The molecule has 9 nitrogen and oxygen atoms in total. The molecule has 2 heterocycles.